The van der Waals surface area contributed by atoms with E-state index in [1.165, 1.54) is 18.4 Å². The normalized spacial score (nSPS) is 14.1. The summed E-state index contributed by atoms with van der Waals surface area (Å²) in [5.41, 5.74) is 2.53. The number of pyridine rings is 1. The van der Waals surface area contributed by atoms with E-state index in [0.717, 1.165) is 17.4 Å². The Morgan fingerprint density at radius 3 is 2.53 bits per heavy atom. The van der Waals surface area contributed by atoms with E-state index in [1.54, 1.807) is 0 Å². The Hall–Kier alpha value is -1.05. The average Bonchev–Trinajstić information content (AvgIpc) is 3.08. The summed E-state index contributed by atoms with van der Waals surface area (Å²) in [6.45, 7) is 8.73. The monoisotopic (exact) mass is 207 g/mol. The van der Waals surface area contributed by atoms with Crippen molar-refractivity contribution >= 4 is 0 Å². The van der Waals surface area contributed by atoms with Crippen molar-refractivity contribution in [2.24, 2.45) is 0 Å². The lowest BCUT2D eigenvalue weighted by Gasteiger charge is -2.06. The van der Waals surface area contributed by atoms with Crippen LogP contribution in [0.25, 0.3) is 0 Å². The maximum atomic E-state index is 5.38. The van der Waals surface area contributed by atoms with Crippen LogP contribution in [0.15, 0.2) is 12.3 Å². The molecule has 2 nitrogen and oxygen atoms in total. The highest BCUT2D eigenvalue weighted by Gasteiger charge is 2.24. The van der Waals surface area contributed by atoms with E-state index in [1.807, 2.05) is 27.0 Å². The summed E-state index contributed by atoms with van der Waals surface area (Å²) in [5.74, 6) is 1.56. The van der Waals surface area contributed by atoms with Gasteiger partial charge >= 0.3 is 0 Å². The van der Waals surface area contributed by atoms with Gasteiger partial charge in [0.25, 0.3) is 0 Å². The molecular weight excluding hydrogens is 186 g/mol. The van der Waals surface area contributed by atoms with Gasteiger partial charge in [-0.3, -0.25) is 0 Å². The van der Waals surface area contributed by atoms with E-state index in [-0.39, 0.29) is 0 Å². The third-order valence-electron chi connectivity index (χ3n) is 2.38. The van der Waals surface area contributed by atoms with Gasteiger partial charge in [-0.2, -0.15) is 0 Å². The molecule has 1 saturated carbocycles. The quantitative estimate of drug-likeness (QED) is 0.754. The average molecular weight is 207 g/mol. The number of nitrogens with zero attached hydrogens (tertiary/aromatic N) is 1. The zero-order valence-corrected chi connectivity index (χ0v) is 10.2. The van der Waals surface area contributed by atoms with Crippen LogP contribution in [0, 0.1) is 6.92 Å². The van der Waals surface area contributed by atoms with E-state index in [2.05, 4.69) is 18.0 Å². The summed E-state index contributed by atoms with van der Waals surface area (Å²) < 4.78 is 5.38. The fourth-order valence-corrected chi connectivity index (χ4v) is 1.51. The lowest BCUT2D eigenvalue weighted by molar-refractivity contribution is 0.324. The number of aryl methyl sites for hydroxylation is 1. The number of hydrogen-bond donors (Lipinski definition) is 0. The van der Waals surface area contributed by atoms with Crippen molar-refractivity contribution in [1.82, 2.24) is 4.98 Å². The van der Waals surface area contributed by atoms with Gasteiger partial charge in [0, 0.05) is 11.8 Å². The molecule has 84 valence electrons. The molecule has 0 amide bonds. The fourth-order valence-electron chi connectivity index (χ4n) is 1.51. The molecule has 1 fully saturated rings. The second-order valence-corrected chi connectivity index (χ2v) is 3.60. The predicted molar refractivity (Wildman–Crippen MR) is 63.5 cm³/mol. The first-order valence-electron chi connectivity index (χ1n) is 5.90. The molecule has 0 aromatic carbocycles. The highest BCUT2D eigenvalue weighted by Crippen LogP contribution is 2.40. The van der Waals surface area contributed by atoms with Crippen molar-refractivity contribution in [2.45, 2.75) is 46.5 Å². The second-order valence-electron chi connectivity index (χ2n) is 3.60. The van der Waals surface area contributed by atoms with Gasteiger partial charge in [-0.05, 0) is 44.2 Å². The molecule has 0 N–H and O–H groups in total. The topological polar surface area (TPSA) is 22.1 Å². The van der Waals surface area contributed by atoms with Gasteiger partial charge in [0.1, 0.15) is 0 Å². The summed E-state index contributed by atoms with van der Waals surface area (Å²) in [6.07, 6.45) is 4.61. The summed E-state index contributed by atoms with van der Waals surface area (Å²) in [5, 5.41) is 0. The van der Waals surface area contributed by atoms with Crippen molar-refractivity contribution in [3.63, 3.8) is 0 Å². The van der Waals surface area contributed by atoms with Crippen LogP contribution in [-0.4, -0.2) is 11.6 Å². The minimum Gasteiger partial charge on any atom is -0.478 e. The second kappa shape index (κ2) is 5.74. The minimum atomic E-state index is 0.691. The molecule has 0 saturated heterocycles. The van der Waals surface area contributed by atoms with Gasteiger partial charge in [-0.1, -0.05) is 13.8 Å². The fraction of sp³-hybridized carbons (Fsp3) is 0.615. The minimum absolute atomic E-state index is 0.691. The first-order chi connectivity index (χ1) is 7.31. The predicted octanol–water partition coefficient (Wildman–Crippen LogP) is 3.69. The Balaban J connectivity index is 0.000000531. The maximum Gasteiger partial charge on any atom is 0.216 e. The number of rotatable bonds is 3. The van der Waals surface area contributed by atoms with Gasteiger partial charge in [0.05, 0.1) is 6.61 Å². The molecule has 1 aliphatic carbocycles. The van der Waals surface area contributed by atoms with Gasteiger partial charge in [0.15, 0.2) is 0 Å². The van der Waals surface area contributed by atoms with E-state index in [9.17, 15) is 0 Å². The summed E-state index contributed by atoms with van der Waals surface area (Å²) >= 11 is 0. The summed E-state index contributed by atoms with van der Waals surface area (Å²) in [4.78, 5) is 4.31. The maximum absolute atomic E-state index is 5.38. The van der Waals surface area contributed by atoms with Crippen LogP contribution in [0.1, 0.15) is 50.7 Å². The van der Waals surface area contributed by atoms with Crippen LogP contribution < -0.4 is 4.74 Å². The SMILES string of the molecule is CC.CCOc1ncc(C2CC2)cc1C. The Labute approximate surface area is 92.7 Å². The molecule has 0 spiro atoms. The van der Waals surface area contributed by atoms with Crippen LogP contribution >= 0.6 is 0 Å². The van der Waals surface area contributed by atoms with Gasteiger partial charge in [-0.25, -0.2) is 4.98 Å². The molecule has 0 radical (unpaired) electrons. The molecule has 0 unspecified atom stereocenters. The molecular formula is C13H21NO. The third kappa shape index (κ3) is 3.22. The molecule has 0 atom stereocenters. The molecule has 2 rings (SSSR count). The molecule has 0 bridgehead atoms. The van der Waals surface area contributed by atoms with E-state index in [4.69, 9.17) is 4.74 Å². The zero-order valence-electron chi connectivity index (χ0n) is 10.2. The third-order valence-corrected chi connectivity index (χ3v) is 2.38. The van der Waals surface area contributed by atoms with Crippen LogP contribution in [0.2, 0.25) is 0 Å². The van der Waals surface area contributed by atoms with E-state index in [0.29, 0.717) is 6.61 Å². The summed E-state index contributed by atoms with van der Waals surface area (Å²) in [6, 6.07) is 2.20. The van der Waals surface area contributed by atoms with Crippen molar-refractivity contribution < 1.29 is 4.74 Å². The van der Waals surface area contributed by atoms with Crippen LogP contribution in [0.4, 0.5) is 0 Å². The lowest BCUT2D eigenvalue weighted by Crippen LogP contribution is -1.97. The highest BCUT2D eigenvalue weighted by molar-refractivity contribution is 5.32. The largest absolute Gasteiger partial charge is 0.478 e. The standard InChI is InChI=1S/C11H15NO.C2H6/c1-3-13-11-8(2)6-10(7-12-11)9-4-5-9;1-2/h6-7,9H,3-5H2,1-2H3;1-2H3. The molecule has 1 heterocycles. The zero-order chi connectivity index (χ0) is 11.3. The number of aromatic nitrogens is 1. The van der Waals surface area contributed by atoms with Crippen LogP contribution in [0.3, 0.4) is 0 Å². The molecule has 2 heteroatoms. The van der Waals surface area contributed by atoms with Gasteiger partial charge in [0.2, 0.25) is 5.88 Å². The van der Waals surface area contributed by atoms with Gasteiger partial charge in [-0.15, -0.1) is 0 Å². The lowest BCUT2D eigenvalue weighted by atomic mass is 10.1. The van der Waals surface area contributed by atoms with Crippen LogP contribution in [0.5, 0.6) is 5.88 Å². The van der Waals surface area contributed by atoms with E-state index < -0.39 is 0 Å². The Kier molecular flexibility index (Phi) is 4.60. The molecule has 0 aliphatic heterocycles. The van der Waals surface area contributed by atoms with Crippen molar-refractivity contribution in [3.05, 3.63) is 23.4 Å². The Morgan fingerprint density at radius 1 is 1.40 bits per heavy atom. The molecule has 15 heavy (non-hydrogen) atoms. The molecule has 1 aromatic heterocycles. The van der Waals surface area contributed by atoms with Crippen molar-refractivity contribution in [2.75, 3.05) is 6.61 Å². The van der Waals surface area contributed by atoms with Crippen molar-refractivity contribution in [1.29, 1.82) is 0 Å². The molecule has 1 aliphatic rings. The highest BCUT2D eigenvalue weighted by atomic mass is 16.5. The smallest absolute Gasteiger partial charge is 0.216 e. The van der Waals surface area contributed by atoms with Crippen molar-refractivity contribution in [3.8, 4) is 5.88 Å². The Morgan fingerprint density at radius 2 is 2.07 bits per heavy atom. The number of ether oxygens (including phenoxy) is 1. The number of hydrogen-bond acceptors (Lipinski definition) is 2. The molecule has 1 aromatic rings. The van der Waals surface area contributed by atoms with Crippen LogP contribution in [-0.2, 0) is 0 Å². The Bertz CT molecular complexity index is 305. The van der Waals surface area contributed by atoms with Gasteiger partial charge < -0.3 is 4.74 Å². The first-order valence-corrected chi connectivity index (χ1v) is 5.90. The summed E-state index contributed by atoms with van der Waals surface area (Å²) in [7, 11) is 0. The van der Waals surface area contributed by atoms with E-state index >= 15 is 0 Å². The first kappa shape index (κ1) is 12.0.